The summed E-state index contributed by atoms with van der Waals surface area (Å²) in [6, 6.07) is 2.52. The van der Waals surface area contributed by atoms with Crippen LogP contribution in [-0.4, -0.2) is 48.3 Å². The Morgan fingerprint density at radius 1 is 1.33 bits per heavy atom. The summed E-state index contributed by atoms with van der Waals surface area (Å²) in [6.07, 6.45) is 0.697. The number of aromatic nitrogens is 2. The molecule has 1 aliphatic heterocycles. The SMILES string of the molecule is COc1cc(F)c(C(=O)N2CC[C@@H](c3nc(C)no3)C2)cc1OC. The summed E-state index contributed by atoms with van der Waals surface area (Å²) in [4.78, 5) is 18.4. The Bertz CT molecular complexity index is 762. The third kappa shape index (κ3) is 2.91. The highest BCUT2D eigenvalue weighted by Gasteiger charge is 2.32. The van der Waals surface area contributed by atoms with Crippen LogP contribution in [0.3, 0.4) is 0 Å². The van der Waals surface area contributed by atoms with E-state index in [1.165, 1.54) is 20.3 Å². The van der Waals surface area contributed by atoms with Crippen molar-refractivity contribution in [1.29, 1.82) is 0 Å². The van der Waals surface area contributed by atoms with Gasteiger partial charge in [-0.1, -0.05) is 5.16 Å². The lowest BCUT2D eigenvalue weighted by molar-refractivity contribution is 0.0784. The number of methoxy groups -OCH3 is 2. The van der Waals surface area contributed by atoms with Crippen LogP contribution in [-0.2, 0) is 0 Å². The van der Waals surface area contributed by atoms with Gasteiger partial charge in [0.25, 0.3) is 5.91 Å². The highest BCUT2D eigenvalue weighted by Crippen LogP contribution is 2.32. The molecule has 0 radical (unpaired) electrons. The molecule has 1 fully saturated rings. The fourth-order valence-corrected chi connectivity index (χ4v) is 2.81. The van der Waals surface area contributed by atoms with Crippen LogP contribution in [0, 0.1) is 12.7 Å². The molecule has 1 aromatic carbocycles. The van der Waals surface area contributed by atoms with Crippen molar-refractivity contribution in [3.63, 3.8) is 0 Å². The molecule has 0 unspecified atom stereocenters. The Morgan fingerprint density at radius 3 is 2.67 bits per heavy atom. The second-order valence-corrected chi connectivity index (χ2v) is 5.60. The fourth-order valence-electron chi connectivity index (χ4n) is 2.81. The molecule has 0 aliphatic carbocycles. The van der Waals surface area contributed by atoms with Gasteiger partial charge < -0.3 is 18.9 Å². The summed E-state index contributed by atoms with van der Waals surface area (Å²) in [5.41, 5.74) is -0.0463. The summed E-state index contributed by atoms with van der Waals surface area (Å²) >= 11 is 0. The Morgan fingerprint density at radius 2 is 2.04 bits per heavy atom. The molecule has 1 aromatic heterocycles. The average Bonchev–Trinajstić information content (AvgIpc) is 3.22. The first-order valence-electron chi connectivity index (χ1n) is 7.54. The molecule has 2 heterocycles. The molecule has 1 atom stereocenters. The molecule has 8 heteroatoms. The molecule has 3 rings (SSSR count). The minimum Gasteiger partial charge on any atom is -0.493 e. The van der Waals surface area contributed by atoms with Crippen LogP contribution in [0.15, 0.2) is 16.7 Å². The predicted molar refractivity (Wildman–Crippen MR) is 81.8 cm³/mol. The van der Waals surface area contributed by atoms with E-state index >= 15 is 0 Å². The summed E-state index contributed by atoms with van der Waals surface area (Å²) < 4.78 is 29.6. The lowest BCUT2D eigenvalue weighted by Crippen LogP contribution is -2.29. The summed E-state index contributed by atoms with van der Waals surface area (Å²) in [7, 11) is 2.85. The number of aryl methyl sites for hydroxylation is 1. The minimum atomic E-state index is -0.644. The van der Waals surface area contributed by atoms with Crippen LogP contribution >= 0.6 is 0 Å². The second-order valence-electron chi connectivity index (χ2n) is 5.60. The molecule has 1 saturated heterocycles. The van der Waals surface area contributed by atoms with Gasteiger partial charge in [-0.25, -0.2) is 4.39 Å². The summed E-state index contributed by atoms with van der Waals surface area (Å²) in [5.74, 6) is 0.550. The Hall–Kier alpha value is -2.64. The predicted octanol–water partition coefficient (Wildman–Crippen LogP) is 2.16. The standard InChI is InChI=1S/C16H18FN3O4/c1-9-18-15(24-19-9)10-4-5-20(8-10)16(21)11-6-13(22-2)14(23-3)7-12(11)17/h6-7,10H,4-5,8H2,1-3H3/t10-/m1/s1. The molecule has 128 valence electrons. The zero-order chi connectivity index (χ0) is 17.3. The molecule has 2 aromatic rings. The molecule has 1 amide bonds. The third-order valence-electron chi connectivity index (χ3n) is 4.07. The van der Waals surface area contributed by atoms with Gasteiger partial charge in [-0.3, -0.25) is 4.79 Å². The van der Waals surface area contributed by atoms with E-state index in [4.69, 9.17) is 14.0 Å². The lowest BCUT2D eigenvalue weighted by Gasteiger charge is -2.17. The quantitative estimate of drug-likeness (QED) is 0.852. The molecule has 7 nitrogen and oxygen atoms in total. The van der Waals surface area contributed by atoms with Crippen LogP contribution < -0.4 is 9.47 Å². The Kier molecular flexibility index (Phi) is 4.37. The first-order valence-corrected chi connectivity index (χ1v) is 7.54. The van der Waals surface area contributed by atoms with E-state index in [-0.39, 0.29) is 17.2 Å². The van der Waals surface area contributed by atoms with Gasteiger partial charge in [0.15, 0.2) is 17.3 Å². The number of likely N-dealkylation sites (tertiary alicyclic amines) is 1. The van der Waals surface area contributed by atoms with Gasteiger partial charge in [0.05, 0.1) is 25.7 Å². The maximum Gasteiger partial charge on any atom is 0.256 e. The van der Waals surface area contributed by atoms with Crippen molar-refractivity contribution in [1.82, 2.24) is 15.0 Å². The van der Waals surface area contributed by atoms with E-state index in [0.29, 0.717) is 37.0 Å². The van der Waals surface area contributed by atoms with E-state index in [0.717, 1.165) is 6.07 Å². The van der Waals surface area contributed by atoms with E-state index in [9.17, 15) is 9.18 Å². The molecule has 24 heavy (non-hydrogen) atoms. The number of hydrogen-bond acceptors (Lipinski definition) is 6. The van der Waals surface area contributed by atoms with Gasteiger partial charge in [0.1, 0.15) is 5.82 Å². The lowest BCUT2D eigenvalue weighted by atomic mass is 10.1. The van der Waals surface area contributed by atoms with Crippen LogP contribution in [0.25, 0.3) is 0 Å². The molecule has 0 saturated carbocycles. The maximum absolute atomic E-state index is 14.3. The van der Waals surface area contributed by atoms with Gasteiger partial charge >= 0.3 is 0 Å². The van der Waals surface area contributed by atoms with Gasteiger partial charge in [-0.05, 0) is 19.4 Å². The zero-order valence-corrected chi connectivity index (χ0v) is 13.7. The van der Waals surface area contributed by atoms with Crippen molar-refractivity contribution >= 4 is 5.91 Å². The van der Waals surface area contributed by atoms with Gasteiger partial charge in [0, 0.05) is 19.2 Å². The largest absolute Gasteiger partial charge is 0.493 e. The van der Waals surface area contributed by atoms with Crippen LogP contribution in [0.4, 0.5) is 4.39 Å². The average molecular weight is 335 g/mol. The van der Waals surface area contributed by atoms with Crippen molar-refractivity contribution in [2.45, 2.75) is 19.3 Å². The molecular weight excluding hydrogens is 317 g/mol. The van der Waals surface area contributed by atoms with Gasteiger partial charge in [0.2, 0.25) is 5.89 Å². The monoisotopic (exact) mass is 335 g/mol. The van der Waals surface area contributed by atoms with Gasteiger partial charge in [-0.15, -0.1) is 0 Å². The summed E-state index contributed by atoms with van der Waals surface area (Å²) in [6.45, 7) is 2.65. The summed E-state index contributed by atoms with van der Waals surface area (Å²) in [5, 5.41) is 3.77. The number of carbonyl (C=O) groups is 1. The number of hydrogen-bond donors (Lipinski definition) is 0. The number of carbonyl (C=O) groups excluding carboxylic acids is 1. The van der Waals surface area contributed by atoms with Gasteiger partial charge in [-0.2, -0.15) is 4.98 Å². The Labute approximate surface area is 138 Å². The number of ether oxygens (including phenoxy) is 2. The smallest absolute Gasteiger partial charge is 0.256 e. The molecule has 0 N–H and O–H groups in total. The van der Waals surface area contributed by atoms with Crippen molar-refractivity contribution < 1.29 is 23.2 Å². The van der Waals surface area contributed by atoms with Crippen molar-refractivity contribution in [3.8, 4) is 11.5 Å². The minimum absolute atomic E-state index is 0.0293. The van der Waals surface area contributed by atoms with E-state index < -0.39 is 11.7 Å². The number of halogens is 1. The number of amides is 1. The van der Waals surface area contributed by atoms with Crippen LogP contribution in [0.1, 0.15) is 34.4 Å². The second kappa shape index (κ2) is 6.46. The number of rotatable bonds is 4. The zero-order valence-electron chi connectivity index (χ0n) is 13.7. The van der Waals surface area contributed by atoms with Crippen molar-refractivity contribution in [3.05, 3.63) is 35.2 Å². The van der Waals surface area contributed by atoms with E-state index in [2.05, 4.69) is 10.1 Å². The van der Waals surface area contributed by atoms with E-state index in [1.54, 1.807) is 11.8 Å². The van der Waals surface area contributed by atoms with E-state index in [1.807, 2.05) is 0 Å². The van der Waals surface area contributed by atoms with Crippen molar-refractivity contribution in [2.75, 3.05) is 27.3 Å². The normalized spacial score (nSPS) is 17.2. The van der Waals surface area contributed by atoms with Crippen molar-refractivity contribution in [2.24, 2.45) is 0 Å². The van der Waals surface area contributed by atoms with Crippen LogP contribution in [0.2, 0.25) is 0 Å². The molecule has 0 spiro atoms. The fraction of sp³-hybridized carbons (Fsp3) is 0.438. The highest BCUT2D eigenvalue weighted by atomic mass is 19.1. The molecular formula is C16H18FN3O4. The maximum atomic E-state index is 14.3. The van der Waals surface area contributed by atoms with Crippen LogP contribution in [0.5, 0.6) is 11.5 Å². The molecule has 1 aliphatic rings. The first-order chi connectivity index (χ1) is 11.5. The number of benzene rings is 1. The Balaban J connectivity index is 1.80. The third-order valence-corrected chi connectivity index (χ3v) is 4.07. The number of nitrogens with zero attached hydrogens (tertiary/aromatic N) is 3. The highest BCUT2D eigenvalue weighted by molar-refractivity contribution is 5.95. The first kappa shape index (κ1) is 16.2. The molecule has 0 bridgehead atoms. The topological polar surface area (TPSA) is 77.7 Å².